The molecule has 2 aliphatic rings. The van der Waals surface area contributed by atoms with Crippen molar-refractivity contribution < 1.29 is 54.1 Å². The number of aliphatic hydroxyl groups is 1. The topological polar surface area (TPSA) is 180 Å². The first-order valence-corrected chi connectivity index (χ1v) is 10.8. The molecule has 1 aliphatic heterocycles. The number of hydrogen-bond donors (Lipinski definition) is 5. The lowest BCUT2D eigenvalue weighted by molar-refractivity contribution is -0.178. The lowest BCUT2D eigenvalue weighted by atomic mass is 9.82. The number of fused-ring (bicyclic) bond motifs is 2. The average Bonchev–Trinajstić information content (AvgIpc) is 3.07. The van der Waals surface area contributed by atoms with Crippen molar-refractivity contribution in [2.75, 3.05) is 0 Å². The molecule has 5 N–H and O–H groups in total. The Morgan fingerprint density at radius 3 is 1.89 bits per heavy atom. The largest absolute Gasteiger partial charge is 0.504 e. The van der Waals surface area contributed by atoms with E-state index in [1.165, 1.54) is 48.6 Å². The summed E-state index contributed by atoms with van der Waals surface area (Å²) in [5.41, 5.74) is -1.11. The quantitative estimate of drug-likeness (QED) is 0.169. The molecule has 11 heteroatoms. The second kappa shape index (κ2) is 9.62. The summed E-state index contributed by atoms with van der Waals surface area (Å²) < 4.78 is 15.9. The van der Waals surface area contributed by atoms with Crippen molar-refractivity contribution in [3.63, 3.8) is 0 Å². The molecule has 0 spiro atoms. The van der Waals surface area contributed by atoms with E-state index < -0.39 is 41.8 Å². The maximum absolute atomic E-state index is 12.5. The van der Waals surface area contributed by atoms with Crippen LogP contribution >= 0.6 is 0 Å². The lowest BCUT2D eigenvalue weighted by Gasteiger charge is -2.35. The van der Waals surface area contributed by atoms with E-state index in [2.05, 4.69) is 0 Å². The maximum atomic E-state index is 12.5. The van der Waals surface area contributed by atoms with E-state index in [1.807, 2.05) is 0 Å². The third kappa shape index (κ3) is 5.26. The fraction of sp³-hybridized carbons (Fsp3) is 0.240. The molecule has 2 unspecified atom stereocenters. The molecule has 1 saturated carbocycles. The van der Waals surface area contributed by atoms with Crippen LogP contribution < -0.4 is 0 Å². The van der Waals surface area contributed by atoms with E-state index in [4.69, 9.17) is 14.2 Å². The molecule has 0 aromatic heterocycles. The van der Waals surface area contributed by atoms with Crippen LogP contribution in [0.4, 0.5) is 0 Å². The Morgan fingerprint density at radius 1 is 0.833 bits per heavy atom. The number of carbonyl (C=O) groups is 3. The van der Waals surface area contributed by atoms with Crippen molar-refractivity contribution in [2.24, 2.45) is 0 Å². The Labute approximate surface area is 204 Å². The molecule has 1 saturated heterocycles. The van der Waals surface area contributed by atoms with Gasteiger partial charge in [0.2, 0.25) is 0 Å². The van der Waals surface area contributed by atoms with Crippen molar-refractivity contribution >= 4 is 30.1 Å². The highest BCUT2D eigenvalue weighted by molar-refractivity contribution is 5.89. The van der Waals surface area contributed by atoms with E-state index in [0.717, 1.165) is 12.2 Å². The monoisotopic (exact) mass is 498 g/mol. The zero-order chi connectivity index (χ0) is 26.0. The Hall–Kier alpha value is -4.51. The van der Waals surface area contributed by atoms with Crippen LogP contribution in [0.1, 0.15) is 24.0 Å². The minimum atomic E-state index is -1.88. The molecule has 2 fully saturated rings. The van der Waals surface area contributed by atoms with Crippen LogP contribution in [0.25, 0.3) is 12.2 Å². The molecule has 2 bridgehead atoms. The van der Waals surface area contributed by atoms with Gasteiger partial charge in [0.05, 0.1) is 0 Å². The Balaban J connectivity index is 1.46. The summed E-state index contributed by atoms with van der Waals surface area (Å²) in [5, 5.41) is 48.4. The molecule has 1 heterocycles. The Bertz CT molecular complexity index is 1260. The highest BCUT2D eigenvalue weighted by Gasteiger charge is 2.60. The number of phenols is 4. The van der Waals surface area contributed by atoms with Crippen LogP contribution in [0.5, 0.6) is 23.0 Å². The molecule has 36 heavy (non-hydrogen) atoms. The van der Waals surface area contributed by atoms with Gasteiger partial charge in [0, 0.05) is 25.0 Å². The third-order valence-corrected chi connectivity index (χ3v) is 5.79. The highest BCUT2D eigenvalue weighted by atomic mass is 16.6. The number of phenolic OH excluding ortho intramolecular Hbond substituents is 4. The van der Waals surface area contributed by atoms with Gasteiger partial charge in [-0.05, 0) is 47.5 Å². The summed E-state index contributed by atoms with van der Waals surface area (Å²) in [6.07, 6.45) is 0.764. The first-order chi connectivity index (χ1) is 17.0. The normalized spacial score (nSPS) is 25.1. The lowest BCUT2D eigenvalue weighted by Crippen LogP contribution is -2.51. The SMILES string of the molecule is O=C(/C=C/c1ccc(O)c(O)c1)OC1C[C@]2(O)CC(OC2=O)[C@@H]1OC(=O)/C=C/c1ccc(O)c(O)c1. The van der Waals surface area contributed by atoms with Crippen LogP contribution in [0.2, 0.25) is 0 Å². The standard InChI is InChI=1S/C25H22O11/c26-15-5-1-13(9-17(15)28)3-7-21(30)34-19-11-25(33)12-20(35-24(25)32)23(19)36-22(31)8-4-14-2-6-16(27)18(29)10-14/h1-10,19-20,23,26-29,33H,11-12H2/b7-3+,8-4+/t19?,20?,23-,25+/m1/s1. The van der Waals surface area contributed by atoms with Gasteiger partial charge in [-0.3, -0.25) is 0 Å². The summed E-state index contributed by atoms with van der Waals surface area (Å²) in [4.78, 5) is 37.0. The molecule has 2 aromatic carbocycles. The summed E-state index contributed by atoms with van der Waals surface area (Å²) in [6.45, 7) is 0. The third-order valence-electron chi connectivity index (χ3n) is 5.79. The number of hydrogen-bond acceptors (Lipinski definition) is 11. The van der Waals surface area contributed by atoms with Crippen LogP contribution in [0, 0.1) is 0 Å². The van der Waals surface area contributed by atoms with E-state index in [-0.39, 0.29) is 35.8 Å². The first-order valence-electron chi connectivity index (χ1n) is 10.8. The number of ether oxygens (including phenoxy) is 3. The van der Waals surface area contributed by atoms with Gasteiger partial charge >= 0.3 is 17.9 Å². The molecule has 4 atom stereocenters. The average molecular weight is 498 g/mol. The minimum absolute atomic E-state index is 0.143. The smallest absolute Gasteiger partial charge is 0.338 e. The van der Waals surface area contributed by atoms with Gasteiger partial charge in [-0.2, -0.15) is 0 Å². The van der Waals surface area contributed by atoms with Crippen molar-refractivity contribution in [1.29, 1.82) is 0 Å². The molecular formula is C25H22O11. The molecule has 1 aliphatic carbocycles. The summed E-state index contributed by atoms with van der Waals surface area (Å²) in [5.74, 6) is -4.05. The zero-order valence-corrected chi connectivity index (χ0v) is 18.6. The second-order valence-electron chi connectivity index (χ2n) is 8.42. The van der Waals surface area contributed by atoms with E-state index in [1.54, 1.807) is 0 Å². The van der Waals surface area contributed by atoms with Gasteiger partial charge in [0.15, 0.2) is 34.7 Å². The Morgan fingerprint density at radius 2 is 1.36 bits per heavy atom. The summed E-state index contributed by atoms with van der Waals surface area (Å²) in [7, 11) is 0. The maximum Gasteiger partial charge on any atom is 0.338 e. The van der Waals surface area contributed by atoms with Crippen LogP contribution in [0.3, 0.4) is 0 Å². The molecule has 2 aromatic rings. The number of benzene rings is 2. The fourth-order valence-corrected chi connectivity index (χ4v) is 3.98. The van der Waals surface area contributed by atoms with Crippen LogP contribution in [-0.4, -0.2) is 67.4 Å². The molecule has 188 valence electrons. The zero-order valence-electron chi connectivity index (χ0n) is 18.6. The fourth-order valence-electron chi connectivity index (χ4n) is 3.98. The molecule has 11 nitrogen and oxygen atoms in total. The number of carbonyl (C=O) groups excluding carboxylic acids is 3. The molecule has 4 rings (SSSR count). The van der Waals surface area contributed by atoms with Gasteiger partial charge in [0.25, 0.3) is 0 Å². The van der Waals surface area contributed by atoms with E-state index in [0.29, 0.717) is 11.1 Å². The predicted octanol–water partition coefficient (Wildman–Crippen LogP) is 1.51. The van der Waals surface area contributed by atoms with Crippen molar-refractivity contribution in [3.05, 3.63) is 59.7 Å². The van der Waals surface area contributed by atoms with E-state index >= 15 is 0 Å². The number of aromatic hydroxyl groups is 4. The van der Waals surface area contributed by atoms with Crippen LogP contribution in [-0.2, 0) is 28.6 Å². The number of rotatable bonds is 6. The van der Waals surface area contributed by atoms with Crippen LogP contribution in [0.15, 0.2) is 48.6 Å². The highest BCUT2D eigenvalue weighted by Crippen LogP contribution is 2.41. The Kier molecular flexibility index (Phi) is 6.58. The summed E-state index contributed by atoms with van der Waals surface area (Å²) in [6, 6.07) is 7.81. The van der Waals surface area contributed by atoms with E-state index in [9.17, 15) is 39.9 Å². The van der Waals surface area contributed by atoms with Gasteiger partial charge in [0.1, 0.15) is 12.2 Å². The number of esters is 3. The van der Waals surface area contributed by atoms with Crippen molar-refractivity contribution in [3.8, 4) is 23.0 Å². The second-order valence-corrected chi connectivity index (χ2v) is 8.42. The molecular weight excluding hydrogens is 476 g/mol. The molecule has 0 radical (unpaired) electrons. The molecule has 0 amide bonds. The van der Waals surface area contributed by atoms with Gasteiger partial charge < -0.3 is 39.7 Å². The predicted molar refractivity (Wildman–Crippen MR) is 121 cm³/mol. The van der Waals surface area contributed by atoms with Crippen molar-refractivity contribution in [1.82, 2.24) is 0 Å². The van der Waals surface area contributed by atoms with Crippen molar-refractivity contribution in [2.45, 2.75) is 36.8 Å². The van der Waals surface area contributed by atoms with Gasteiger partial charge in [-0.25, -0.2) is 14.4 Å². The van der Waals surface area contributed by atoms with Gasteiger partial charge in [-0.15, -0.1) is 0 Å². The van der Waals surface area contributed by atoms with Gasteiger partial charge in [-0.1, -0.05) is 12.1 Å². The minimum Gasteiger partial charge on any atom is -0.504 e. The summed E-state index contributed by atoms with van der Waals surface area (Å²) >= 11 is 0. The first kappa shape index (κ1) is 24.6.